The Balaban J connectivity index is 2.59. The van der Waals surface area contributed by atoms with Crippen molar-refractivity contribution < 1.29 is 0 Å². The maximum absolute atomic E-state index is 11.2. The molecule has 2 rings (SSSR count). The minimum Gasteiger partial charge on any atom is -0.310 e. The molecule has 1 heterocycles. The van der Waals surface area contributed by atoms with E-state index in [4.69, 9.17) is 0 Å². The van der Waals surface area contributed by atoms with Gasteiger partial charge in [-0.3, -0.25) is 0 Å². The molecule has 1 aromatic heterocycles. The molecule has 0 bridgehead atoms. The summed E-state index contributed by atoms with van der Waals surface area (Å²) in [5.74, 6) is 0. The van der Waals surface area contributed by atoms with Crippen molar-refractivity contribution in [2.75, 3.05) is 0 Å². The minimum atomic E-state index is -0.300. The first kappa shape index (κ1) is 9.65. The zero-order valence-electron chi connectivity index (χ0n) is 8.74. The van der Waals surface area contributed by atoms with Crippen molar-refractivity contribution in [1.29, 1.82) is 0 Å². The van der Waals surface area contributed by atoms with Crippen LogP contribution in [0.25, 0.3) is 11.3 Å². The number of hydrogen-bond donors (Lipinski definition) is 1. The Morgan fingerprint density at radius 3 is 2.67 bits per heavy atom. The number of nitrogens with one attached hydrogen (secondary N) is 1. The highest BCUT2D eigenvalue weighted by Crippen LogP contribution is 2.16. The summed E-state index contributed by atoms with van der Waals surface area (Å²) in [5.41, 5.74) is 3.38. The lowest BCUT2D eigenvalue weighted by molar-refractivity contribution is 1.03. The van der Waals surface area contributed by atoms with E-state index in [1.54, 1.807) is 0 Å². The molecule has 0 saturated carbocycles. The first-order valence-electron chi connectivity index (χ1n) is 4.80. The molecule has 0 radical (unpaired) electrons. The Bertz CT molecular complexity index is 543. The van der Waals surface area contributed by atoms with Crippen molar-refractivity contribution in [2.45, 2.75) is 13.8 Å². The number of rotatable bonds is 1. The molecule has 76 valence electrons. The van der Waals surface area contributed by atoms with Crippen LogP contribution in [0.4, 0.5) is 0 Å². The zero-order valence-corrected chi connectivity index (χ0v) is 8.74. The summed E-state index contributed by atoms with van der Waals surface area (Å²) in [5, 5.41) is 0. The third kappa shape index (κ3) is 2.13. The Labute approximate surface area is 87.8 Å². The van der Waals surface area contributed by atoms with E-state index in [0.717, 1.165) is 22.5 Å². The predicted molar refractivity (Wildman–Crippen MR) is 59.8 cm³/mol. The zero-order chi connectivity index (χ0) is 10.8. The van der Waals surface area contributed by atoms with Crippen LogP contribution in [0.15, 0.2) is 35.1 Å². The summed E-state index contributed by atoms with van der Waals surface area (Å²) < 4.78 is 0. The number of nitrogens with zero attached hydrogens (tertiary/aromatic N) is 1. The first-order chi connectivity index (χ1) is 7.15. The van der Waals surface area contributed by atoms with Gasteiger partial charge in [-0.2, -0.15) is 4.98 Å². The lowest BCUT2D eigenvalue weighted by Gasteiger charge is -2.02. The number of benzene rings is 1. The molecule has 0 unspecified atom stereocenters. The molecule has 0 saturated heterocycles. The Hall–Kier alpha value is -1.90. The van der Waals surface area contributed by atoms with Crippen LogP contribution in [0, 0.1) is 13.8 Å². The van der Waals surface area contributed by atoms with Gasteiger partial charge in [-0.1, -0.05) is 23.8 Å². The molecule has 0 atom stereocenters. The minimum absolute atomic E-state index is 0.300. The van der Waals surface area contributed by atoms with Gasteiger partial charge in [0.2, 0.25) is 0 Å². The highest BCUT2D eigenvalue weighted by Gasteiger charge is 2.01. The maximum Gasteiger partial charge on any atom is 0.345 e. The van der Waals surface area contributed by atoms with Crippen molar-refractivity contribution in [3.63, 3.8) is 0 Å². The molecule has 0 spiro atoms. The lowest BCUT2D eigenvalue weighted by Crippen LogP contribution is -2.11. The number of aryl methyl sites for hydroxylation is 2. The molecule has 0 amide bonds. The molecule has 3 nitrogen and oxygen atoms in total. The predicted octanol–water partition coefficient (Wildman–Crippen LogP) is 2.05. The van der Waals surface area contributed by atoms with Crippen LogP contribution in [0.1, 0.15) is 11.3 Å². The smallest absolute Gasteiger partial charge is 0.310 e. The van der Waals surface area contributed by atoms with Gasteiger partial charge in [0.15, 0.2) is 0 Å². The van der Waals surface area contributed by atoms with Gasteiger partial charge in [0, 0.05) is 11.3 Å². The molecule has 2 aromatic rings. The number of aromatic nitrogens is 2. The average Bonchev–Trinajstić information content (AvgIpc) is 2.16. The van der Waals surface area contributed by atoms with Gasteiger partial charge < -0.3 is 4.98 Å². The molecule has 0 aliphatic carbocycles. The maximum atomic E-state index is 11.2. The van der Waals surface area contributed by atoms with Gasteiger partial charge in [-0.05, 0) is 26.0 Å². The van der Waals surface area contributed by atoms with Crippen LogP contribution in [0.5, 0.6) is 0 Å². The monoisotopic (exact) mass is 200 g/mol. The first-order valence-corrected chi connectivity index (χ1v) is 4.80. The van der Waals surface area contributed by atoms with Gasteiger partial charge in [0.1, 0.15) is 0 Å². The highest BCUT2D eigenvalue weighted by molar-refractivity contribution is 5.59. The highest BCUT2D eigenvalue weighted by atomic mass is 16.1. The van der Waals surface area contributed by atoms with E-state index in [2.05, 4.69) is 9.97 Å². The third-order valence-electron chi connectivity index (χ3n) is 2.19. The standard InChI is InChI=1S/C12H12N2O/c1-8-4-3-5-10(6-8)11-7-9(2)13-12(15)14-11/h3-7H,1-2H3,(H,13,14,15). The van der Waals surface area contributed by atoms with E-state index in [1.165, 1.54) is 0 Å². The summed E-state index contributed by atoms with van der Waals surface area (Å²) in [6, 6.07) is 9.82. The van der Waals surface area contributed by atoms with Gasteiger partial charge in [0.25, 0.3) is 0 Å². The Morgan fingerprint density at radius 2 is 2.00 bits per heavy atom. The van der Waals surface area contributed by atoms with Gasteiger partial charge in [-0.25, -0.2) is 4.79 Å². The van der Waals surface area contributed by atoms with Crippen molar-refractivity contribution in [3.05, 3.63) is 52.1 Å². The van der Waals surface area contributed by atoms with E-state index in [1.807, 2.05) is 44.2 Å². The fourth-order valence-corrected chi connectivity index (χ4v) is 1.53. The van der Waals surface area contributed by atoms with Gasteiger partial charge >= 0.3 is 5.69 Å². The van der Waals surface area contributed by atoms with Crippen molar-refractivity contribution in [3.8, 4) is 11.3 Å². The van der Waals surface area contributed by atoms with Crippen molar-refractivity contribution in [1.82, 2.24) is 9.97 Å². The van der Waals surface area contributed by atoms with E-state index >= 15 is 0 Å². The van der Waals surface area contributed by atoms with Crippen molar-refractivity contribution >= 4 is 0 Å². The molecule has 1 N–H and O–H groups in total. The van der Waals surface area contributed by atoms with E-state index < -0.39 is 0 Å². The van der Waals surface area contributed by atoms with E-state index in [0.29, 0.717) is 0 Å². The van der Waals surface area contributed by atoms with E-state index in [-0.39, 0.29) is 5.69 Å². The molecule has 3 heteroatoms. The second-order valence-electron chi connectivity index (χ2n) is 3.62. The molecular weight excluding hydrogens is 188 g/mol. The average molecular weight is 200 g/mol. The quantitative estimate of drug-likeness (QED) is 0.765. The largest absolute Gasteiger partial charge is 0.345 e. The second kappa shape index (κ2) is 3.69. The molecule has 0 fully saturated rings. The Morgan fingerprint density at radius 1 is 1.20 bits per heavy atom. The summed E-state index contributed by atoms with van der Waals surface area (Å²) in [4.78, 5) is 17.8. The number of H-pyrrole nitrogens is 1. The van der Waals surface area contributed by atoms with Crippen LogP contribution in [0.3, 0.4) is 0 Å². The topological polar surface area (TPSA) is 45.8 Å². The van der Waals surface area contributed by atoms with Gasteiger partial charge in [-0.15, -0.1) is 0 Å². The van der Waals surface area contributed by atoms with Crippen LogP contribution in [0.2, 0.25) is 0 Å². The van der Waals surface area contributed by atoms with Crippen LogP contribution >= 0.6 is 0 Å². The van der Waals surface area contributed by atoms with Crippen LogP contribution < -0.4 is 5.69 Å². The summed E-state index contributed by atoms with van der Waals surface area (Å²) in [6.07, 6.45) is 0. The lowest BCUT2D eigenvalue weighted by atomic mass is 10.1. The van der Waals surface area contributed by atoms with E-state index in [9.17, 15) is 4.79 Å². The van der Waals surface area contributed by atoms with Crippen LogP contribution in [-0.2, 0) is 0 Å². The number of aromatic amines is 1. The molecular formula is C12H12N2O. The molecule has 1 aromatic carbocycles. The fraction of sp³-hybridized carbons (Fsp3) is 0.167. The third-order valence-corrected chi connectivity index (χ3v) is 2.19. The van der Waals surface area contributed by atoms with Crippen LogP contribution in [-0.4, -0.2) is 9.97 Å². The SMILES string of the molecule is Cc1cccc(-c2cc(C)[nH]c(=O)n2)c1. The summed E-state index contributed by atoms with van der Waals surface area (Å²) >= 11 is 0. The Kier molecular flexibility index (Phi) is 2.37. The summed E-state index contributed by atoms with van der Waals surface area (Å²) in [7, 11) is 0. The molecule has 0 aliphatic heterocycles. The number of hydrogen-bond acceptors (Lipinski definition) is 2. The van der Waals surface area contributed by atoms with Crippen molar-refractivity contribution in [2.24, 2.45) is 0 Å². The summed E-state index contributed by atoms with van der Waals surface area (Å²) in [6.45, 7) is 3.87. The molecule has 0 aliphatic rings. The normalized spacial score (nSPS) is 10.3. The van der Waals surface area contributed by atoms with Gasteiger partial charge in [0.05, 0.1) is 5.69 Å². The fourth-order valence-electron chi connectivity index (χ4n) is 1.53. The molecule has 15 heavy (non-hydrogen) atoms. The second-order valence-corrected chi connectivity index (χ2v) is 3.62.